The van der Waals surface area contributed by atoms with Crippen LogP contribution in [0.2, 0.25) is 0 Å². The van der Waals surface area contributed by atoms with Crippen molar-refractivity contribution >= 4 is 27.5 Å². The number of rotatable bonds is 8. The summed E-state index contributed by atoms with van der Waals surface area (Å²) in [7, 11) is -3.42. The summed E-state index contributed by atoms with van der Waals surface area (Å²) in [5, 5.41) is 3.32. The molecule has 0 aliphatic heterocycles. The van der Waals surface area contributed by atoms with E-state index in [-0.39, 0.29) is 59.4 Å². The Bertz CT molecular complexity index is 714. The van der Waals surface area contributed by atoms with Crippen LogP contribution >= 0.6 is 0 Å². The fraction of sp³-hybridized carbons (Fsp3) is 0.688. The van der Waals surface area contributed by atoms with Crippen molar-refractivity contribution in [2.45, 2.75) is 66.5 Å². The van der Waals surface area contributed by atoms with Crippen molar-refractivity contribution in [3.8, 4) is 0 Å². The standard InChI is InChI=1S/C6H12O4S.C5H9N3O.C5H8O.N3.Na/c1-5(7)4-6(2)10-11(3,8)9;1-4(7-8-6)3-5(2)9;1-3-4-5(2)6;1-3-2;/h6H,4H2,1-3H3;4H,3H2,1-2H3;3-4H,1-2H3;;/q;;;-1;+1/t6-;4-;;;/m10.../s1. The molecule has 0 saturated heterocycles. The first kappa shape index (κ1) is 38.8. The zero-order chi connectivity index (χ0) is 24.0. The minimum Gasteiger partial charge on any atom is -0.373 e. The van der Waals surface area contributed by atoms with E-state index in [2.05, 4.69) is 14.2 Å². The Morgan fingerprint density at radius 2 is 1.43 bits per heavy atom. The van der Waals surface area contributed by atoms with Gasteiger partial charge in [0, 0.05) is 23.8 Å². The molecule has 0 aromatic rings. The second-order valence-corrected chi connectivity index (χ2v) is 7.28. The quantitative estimate of drug-likeness (QED) is 0.130. The van der Waals surface area contributed by atoms with Crippen LogP contribution in [0.5, 0.6) is 0 Å². The van der Waals surface area contributed by atoms with Gasteiger partial charge in [-0.2, -0.15) is 8.42 Å². The van der Waals surface area contributed by atoms with E-state index in [1.165, 1.54) is 31.8 Å². The SMILES string of the molecule is CC(=O)C[C@@H](C)OS(C)(=O)=O.CC(=O)C[C@H](C)N=[N+]=[N-].CC=CC(C)=O.[N-]=[N+]=[N-].[Na+]. The van der Waals surface area contributed by atoms with Crippen molar-refractivity contribution in [3.05, 3.63) is 38.6 Å². The third-order valence-corrected chi connectivity index (χ3v) is 2.83. The summed E-state index contributed by atoms with van der Waals surface area (Å²) in [6, 6.07) is -0.201. The first-order valence-corrected chi connectivity index (χ1v) is 10.0. The van der Waals surface area contributed by atoms with Crippen LogP contribution < -0.4 is 29.6 Å². The zero-order valence-electron chi connectivity index (χ0n) is 18.8. The van der Waals surface area contributed by atoms with Gasteiger partial charge in [0.1, 0.15) is 11.6 Å². The maximum atomic E-state index is 10.5. The molecule has 12 nitrogen and oxygen atoms in total. The van der Waals surface area contributed by atoms with E-state index in [1.54, 1.807) is 19.9 Å². The van der Waals surface area contributed by atoms with Crippen LogP contribution in [0.4, 0.5) is 0 Å². The van der Waals surface area contributed by atoms with Crippen molar-refractivity contribution in [2.24, 2.45) is 5.11 Å². The van der Waals surface area contributed by atoms with Crippen LogP contribution in [-0.2, 0) is 28.7 Å². The molecule has 0 rings (SSSR count). The van der Waals surface area contributed by atoms with Crippen molar-refractivity contribution < 1.29 is 56.5 Å². The summed E-state index contributed by atoms with van der Waals surface area (Å²) in [4.78, 5) is 34.8. The molecule has 0 unspecified atom stereocenters. The number of carbonyl (C=O) groups excluding carboxylic acids is 3. The molecule has 14 heteroatoms. The molecule has 0 N–H and O–H groups in total. The van der Waals surface area contributed by atoms with Crippen molar-refractivity contribution in [1.82, 2.24) is 0 Å². The van der Waals surface area contributed by atoms with E-state index in [4.69, 9.17) is 16.6 Å². The fourth-order valence-corrected chi connectivity index (χ4v) is 2.18. The van der Waals surface area contributed by atoms with Gasteiger partial charge in [0.25, 0.3) is 10.1 Å². The van der Waals surface area contributed by atoms with Crippen LogP contribution in [0.25, 0.3) is 26.4 Å². The molecular weight excluding hydrogens is 427 g/mol. The van der Waals surface area contributed by atoms with E-state index < -0.39 is 16.2 Å². The van der Waals surface area contributed by atoms with Gasteiger partial charge in [-0.3, -0.25) is 18.7 Å². The van der Waals surface area contributed by atoms with Gasteiger partial charge in [-0.15, -0.1) is 0 Å². The maximum absolute atomic E-state index is 10.5. The molecule has 0 spiro atoms. The second kappa shape index (κ2) is 25.3. The molecule has 0 radical (unpaired) electrons. The summed E-state index contributed by atoms with van der Waals surface area (Å²) in [5.74, 6) is 0.0774. The van der Waals surface area contributed by atoms with E-state index in [1.807, 2.05) is 6.92 Å². The number of carbonyl (C=O) groups is 3. The Morgan fingerprint density at radius 3 is 1.63 bits per heavy atom. The van der Waals surface area contributed by atoms with Crippen molar-refractivity contribution in [2.75, 3.05) is 6.26 Å². The molecule has 2 atom stereocenters. The normalized spacial score (nSPS) is 11.0. The molecule has 30 heavy (non-hydrogen) atoms. The maximum Gasteiger partial charge on any atom is 1.00 e. The van der Waals surface area contributed by atoms with Gasteiger partial charge >= 0.3 is 29.6 Å². The second-order valence-electron chi connectivity index (χ2n) is 5.68. The van der Waals surface area contributed by atoms with Gasteiger partial charge in [-0.1, -0.05) is 18.1 Å². The largest absolute Gasteiger partial charge is 1.00 e. The predicted molar refractivity (Wildman–Crippen MR) is 110 cm³/mol. The molecule has 0 amide bonds. The van der Waals surface area contributed by atoms with E-state index in [9.17, 15) is 22.8 Å². The molecule has 0 aromatic heterocycles. The number of Topliss-reactive ketones (excluding diaryl/α,β-unsaturated/α-hetero) is 2. The molecule has 0 fully saturated rings. The topological polar surface area (TPSA) is 202 Å². The molecule has 0 aliphatic rings. The van der Waals surface area contributed by atoms with Crippen LogP contribution in [-0.4, -0.2) is 44.2 Å². The predicted octanol–water partition coefficient (Wildman–Crippen LogP) is 1.02. The smallest absolute Gasteiger partial charge is 0.373 e. The van der Waals surface area contributed by atoms with Crippen LogP contribution in [0.15, 0.2) is 17.3 Å². The van der Waals surface area contributed by atoms with Gasteiger partial charge in [0.15, 0.2) is 5.78 Å². The Labute approximate surface area is 199 Å². The summed E-state index contributed by atoms with van der Waals surface area (Å²) in [6.07, 6.45) is 4.13. The Kier molecular flexibility index (Phi) is 32.8. The fourth-order valence-electron chi connectivity index (χ4n) is 1.52. The van der Waals surface area contributed by atoms with Crippen LogP contribution in [0, 0.1) is 0 Å². The minimum atomic E-state index is -3.42. The summed E-state index contributed by atoms with van der Waals surface area (Å²) >= 11 is 0. The van der Waals surface area contributed by atoms with E-state index in [0.29, 0.717) is 6.42 Å². The number of allylic oxidation sites excluding steroid dienone is 2. The van der Waals surface area contributed by atoms with Crippen LogP contribution in [0.3, 0.4) is 0 Å². The first-order chi connectivity index (χ1) is 13.2. The average Bonchev–Trinajstić information content (AvgIpc) is 2.45. The number of ketones is 3. The molecule has 0 aliphatic carbocycles. The van der Waals surface area contributed by atoms with Gasteiger partial charge in [0.2, 0.25) is 0 Å². The van der Waals surface area contributed by atoms with Crippen molar-refractivity contribution in [3.63, 3.8) is 0 Å². The molecular formula is C16H29N6NaO6S. The average molecular weight is 457 g/mol. The van der Waals surface area contributed by atoms with Crippen LogP contribution in [0.1, 0.15) is 54.4 Å². The molecule has 0 saturated carbocycles. The Hall–Kier alpha value is -1.72. The zero-order valence-corrected chi connectivity index (χ0v) is 21.6. The van der Waals surface area contributed by atoms with Gasteiger partial charge in [0.05, 0.1) is 12.4 Å². The van der Waals surface area contributed by atoms with Gasteiger partial charge in [-0.05, 0) is 46.2 Å². The summed E-state index contributed by atoms with van der Waals surface area (Å²) in [6.45, 7) is 9.47. The number of hydrogen-bond donors (Lipinski definition) is 0. The first-order valence-electron chi connectivity index (χ1n) is 8.19. The summed E-state index contributed by atoms with van der Waals surface area (Å²) in [5.41, 5.74) is 21.4. The minimum absolute atomic E-state index is 0. The van der Waals surface area contributed by atoms with E-state index in [0.717, 1.165) is 6.26 Å². The van der Waals surface area contributed by atoms with Crippen molar-refractivity contribution in [1.29, 1.82) is 0 Å². The number of hydrogen-bond acceptors (Lipinski definition) is 7. The molecule has 0 heterocycles. The molecule has 0 aromatic carbocycles. The Morgan fingerprint density at radius 1 is 1.03 bits per heavy atom. The van der Waals surface area contributed by atoms with Gasteiger partial charge in [-0.25, -0.2) is 0 Å². The third-order valence-electron chi connectivity index (χ3n) is 2.15. The number of azide groups is 1. The summed E-state index contributed by atoms with van der Waals surface area (Å²) < 4.78 is 25.5. The van der Waals surface area contributed by atoms with Gasteiger partial charge < -0.3 is 15.9 Å². The third kappa shape index (κ3) is 56.2. The monoisotopic (exact) mass is 456 g/mol. The molecule has 166 valence electrons. The Balaban J connectivity index is -0.0000000991. The molecule has 0 bridgehead atoms. The number of nitrogens with zero attached hydrogens (tertiary/aromatic N) is 6. The van der Waals surface area contributed by atoms with E-state index >= 15 is 0 Å².